The van der Waals surface area contributed by atoms with E-state index in [0.717, 1.165) is 40.2 Å². The van der Waals surface area contributed by atoms with Gasteiger partial charge >= 0.3 is 0 Å². The van der Waals surface area contributed by atoms with Crippen LogP contribution in [0.5, 0.6) is 0 Å². The first-order valence-electron chi connectivity index (χ1n) is 10.4. The minimum absolute atomic E-state index is 0.155. The molecule has 2 aromatic carbocycles. The highest BCUT2D eigenvalue weighted by atomic mass is 127. The van der Waals surface area contributed by atoms with Crippen LogP contribution in [-0.2, 0) is 0 Å². The van der Waals surface area contributed by atoms with Crippen LogP contribution in [0.25, 0.3) is 27.4 Å². The minimum atomic E-state index is -2.62. The number of benzene rings is 2. The first-order valence-corrected chi connectivity index (χ1v) is 13.1. The van der Waals surface area contributed by atoms with E-state index >= 15 is 0 Å². The number of alkyl halides is 2. The lowest BCUT2D eigenvalue weighted by Gasteiger charge is -2.20. The average molecular weight is 720 g/mol. The number of rotatable bonds is 3. The number of primary amides is 2. The van der Waals surface area contributed by atoms with Crippen LogP contribution in [0.2, 0.25) is 0 Å². The molecule has 0 fully saturated rings. The molecular formula is C24H19Br2F2IN4O2. The molecule has 11 heteroatoms. The highest BCUT2D eigenvalue weighted by Crippen LogP contribution is 2.38. The van der Waals surface area contributed by atoms with Crippen LogP contribution in [0.15, 0.2) is 51.4 Å². The number of amides is 2. The molecule has 0 aliphatic heterocycles. The quantitative estimate of drug-likeness (QED) is 0.173. The molecule has 0 spiro atoms. The molecule has 2 heterocycles. The molecule has 0 saturated carbocycles. The van der Waals surface area contributed by atoms with Crippen molar-refractivity contribution in [3.8, 4) is 0 Å². The minimum Gasteiger partial charge on any atom is -0.366 e. The number of H-pyrrole nitrogens is 2. The lowest BCUT2D eigenvalue weighted by atomic mass is 9.94. The molecule has 0 bridgehead atoms. The smallest absolute Gasteiger partial charge is 0.251 e. The van der Waals surface area contributed by atoms with Crippen LogP contribution in [0, 0.1) is 3.70 Å². The van der Waals surface area contributed by atoms with Crippen LogP contribution >= 0.6 is 54.5 Å². The summed E-state index contributed by atoms with van der Waals surface area (Å²) < 4.78 is 29.2. The first-order chi connectivity index (χ1) is 16.5. The summed E-state index contributed by atoms with van der Waals surface area (Å²) in [6.45, 7) is 0. The van der Waals surface area contributed by atoms with Crippen molar-refractivity contribution in [2.75, 3.05) is 0 Å². The summed E-state index contributed by atoms with van der Waals surface area (Å²) in [6.07, 6.45) is 1.47. The van der Waals surface area contributed by atoms with Crippen molar-refractivity contribution in [2.45, 2.75) is 25.2 Å². The second-order valence-electron chi connectivity index (χ2n) is 8.09. The number of nitrogens with one attached hydrogen (secondary N) is 2. The Balaban J connectivity index is 0.000000179. The number of nitrogens with two attached hydrogens (primary N) is 2. The van der Waals surface area contributed by atoms with E-state index in [-0.39, 0.29) is 12.8 Å². The molecule has 2 amide bonds. The first kappa shape index (κ1) is 25.8. The molecule has 0 atom stereocenters. The van der Waals surface area contributed by atoms with Gasteiger partial charge in [0.25, 0.3) is 17.7 Å². The van der Waals surface area contributed by atoms with E-state index in [1.165, 1.54) is 0 Å². The Morgan fingerprint density at radius 2 is 1.46 bits per heavy atom. The molecule has 0 unspecified atom stereocenters. The predicted octanol–water partition coefficient (Wildman–Crippen LogP) is 6.87. The maximum Gasteiger partial charge on any atom is 0.251 e. The SMILES string of the molecule is NC(=O)c1ccc(Br)c2cc(C3=CCC(F)(F)CC3)[nH]c12.NC(=O)c1ccc(Br)c2cc(I)[nH]c12. The van der Waals surface area contributed by atoms with Gasteiger partial charge in [-0.25, -0.2) is 8.78 Å². The van der Waals surface area contributed by atoms with Crippen molar-refractivity contribution < 1.29 is 18.4 Å². The zero-order chi connectivity index (χ0) is 25.5. The molecule has 182 valence electrons. The highest BCUT2D eigenvalue weighted by Gasteiger charge is 2.31. The van der Waals surface area contributed by atoms with Crippen LogP contribution in [0.3, 0.4) is 0 Å². The standard InChI is InChI=1S/C15H13BrF2N2O.C9H6BrIN2O/c16-11-2-1-9(14(19)21)13-10(11)7-12(20-13)8-3-5-15(17,18)6-4-8;10-6-2-1-4(9(12)14)8-5(6)3-7(11)13-8/h1-3,7,20H,4-6H2,(H2,19,21);1-3,13H,(H2,12,14). The fraction of sp³-hybridized carbons (Fsp3) is 0.167. The summed E-state index contributed by atoms with van der Waals surface area (Å²) in [6, 6.07) is 10.8. The highest BCUT2D eigenvalue weighted by molar-refractivity contribution is 14.1. The van der Waals surface area contributed by atoms with E-state index in [4.69, 9.17) is 11.5 Å². The zero-order valence-electron chi connectivity index (χ0n) is 18.0. The fourth-order valence-electron chi connectivity index (χ4n) is 3.96. The van der Waals surface area contributed by atoms with E-state index in [1.807, 2.05) is 18.2 Å². The van der Waals surface area contributed by atoms with Crippen molar-refractivity contribution in [1.82, 2.24) is 9.97 Å². The van der Waals surface area contributed by atoms with Gasteiger partial charge in [0, 0.05) is 38.3 Å². The molecule has 35 heavy (non-hydrogen) atoms. The van der Waals surface area contributed by atoms with Crippen LogP contribution in [0.1, 0.15) is 45.7 Å². The molecule has 0 radical (unpaired) electrons. The van der Waals surface area contributed by atoms with Gasteiger partial charge in [0.15, 0.2) is 0 Å². The van der Waals surface area contributed by atoms with Gasteiger partial charge in [0.2, 0.25) is 0 Å². The number of hydrogen-bond acceptors (Lipinski definition) is 2. The monoisotopic (exact) mass is 718 g/mol. The van der Waals surface area contributed by atoms with Gasteiger partial charge in [-0.05, 0) is 71.0 Å². The third-order valence-corrected chi connectivity index (χ3v) is 7.70. The fourth-order valence-corrected chi connectivity index (χ4v) is 5.43. The van der Waals surface area contributed by atoms with Gasteiger partial charge in [0.1, 0.15) is 0 Å². The van der Waals surface area contributed by atoms with Gasteiger partial charge in [-0.3, -0.25) is 9.59 Å². The molecule has 6 N–H and O–H groups in total. The third kappa shape index (κ3) is 5.46. The lowest BCUT2D eigenvalue weighted by molar-refractivity contribution is -0.00606. The number of halogens is 5. The predicted molar refractivity (Wildman–Crippen MR) is 149 cm³/mol. The van der Waals surface area contributed by atoms with E-state index < -0.39 is 17.7 Å². The maximum absolute atomic E-state index is 13.2. The van der Waals surface area contributed by atoms with Crippen molar-refractivity contribution in [2.24, 2.45) is 11.5 Å². The Hall–Kier alpha value is -2.25. The van der Waals surface area contributed by atoms with Gasteiger partial charge in [-0.1, -0.05) is 37.9 Å². The maximum atomic E-state index is 13.2. The van der Waals surface area contributed by atoms with Crippen LogP contribution in [-0.4, -0.2) is 27.7 Å². The van der Waals surface area contributed by atoms with Crippen molar-refractivity contribution in [3.05, 3.63) is 71.9 Å². The summed E-state index contributed by atoms with van der Waals surface area (Å²) in [5, 5.41) is 1.80. The van der Waals surface area contributed by atoms with Crippen LogP contribution in [0.4, 0.5) is 8.78 Å². The number of carbonyl (C=O) groups excluding carboxylic acids is 2. The number of aromatic nitrogens is 2. The van der Waals surface area contributed by atoms with Gasteiger partial charge in [-0.15, -0.1) is 0 Å². The summed E-state index contributed by atoms with van der Waals surface area (Å²) in [5.74, 6) is -3.56. The Morgan fingerprint density at radius 1 is 0.914 bits per heavy atom. The zero-order valence-corrected chi connectivity index (χ0v) is 23.4. The topological polar surface area (TPSA) is 118 Å². The molecule has 4 aromatic rings. The molecule has 2 aromatic heterocycles. The number of allylic oxidation sites excluding steroid dienone is 2. The largest absolute Gasteiger partial charge is 0.366 e. The molecule has 6 nitrogen and oxygen atoms in total. The summed E-state index contributed by atoms with van der Waals surface area (Å²) in [5.41, 5.74) is 14.6. The molecule has 5 rings (SSSR count). The van der Waals surface area contributed by atoms with Crippen molar-refractivity contribution >= 4 is 93.6 Å². The van der Waals surface area contributed by atoms with E-state index in [9.17, 15) is 18.4 Å². The van der Waals surface area contributed by atoms with Crippen molar-refractivity contribution in [1.29, 1.82) is 0 Å². The number of carbonyl (C=O) groups is 2. The third-order valence-electron chi connectivity index (χ3n) is 5.73. The van der Waals surface area contributed by atoms with Gasteiger partial charge in [0.05, 0.1) is 25.9 Å². The Morgan fingerprint density at radius 3 is 1.97 bits per heavy atom. The van der Waals surface area contributed by atoms with Gasteiger partial charge < -0.3 is 21.4 Å². The van der Waals surface area contributed by atoms with Crippen molar-refractivity contribution in [3.63, 3.8) is 0 Å². The van der Waals surface area contributed by atoms with E-state index in [2.05, 4.69) is 64.4 Å². The average Bonchev–Trinajstić information content (AvgIpc) is 3.39. The molecule has 0 saturated heterocycles. The summed E-state index contributed by atoms with van der Waals surface area (Å²) >= 11 is 9.00. The van der Waals surface area contributed by atoms with E-state index in [0.29, 0.717) is 23.1 Å². The molecule has 1 aliphatic rings. The van der Waals surface area contributed by atoms with Crippen LogP contribution < -0.4 is 11.5 Å². The second kappa shape index (κ2) is 10.0. The Kier molecular flexibility index (Phi) is 7.39. The summed E-state index contributed by atoms with van der Waals surface area (Å²) in [7, 11) is 0. The molecule has 1 aliphatic carbocycles. The van der Waals surface area contributed by atoms with Gasteiger partial charge in [-0.2, -0.15) is 0 Å². The number of fused-ring (bicyclic) bond motifs is 2. The summed E-state index contributed by atoms with van der Waals surface area (Å²) in [4.78, 5) is 28.8. The second-order valence-corrected chi connectivity index (χ2v) is 11.0. The number of hydrogen-bond donors (Lipinski definition) is 4. The molecular weight excluding hydrogens is 701 g/mol. The Labute approximate surface area is 229 Å². The Bertz CT molecular complexity index is 1510. The normalized spacial score (nSPS) is 14.9. The lowest BCUT2D eigenvalue weighted by Crippen LogP contribution is -2.18. The number of aromatic amines is 2. The van der Waals surface area contributed by atoms with E-state index in [1.54, 1.807) is 24.3 Å².